The number of nitrogens with two attached hydrogens (primary N) is 1. The van der Waals surface area contributed by atoms with Crippen molar-refractivity contribution in [3.05, 3.63) is 30.0 Å². The number of nitrogen functional groups attached to an aromatic ring is 1. The normalized spacial score (nSPS) is 13.3. The first kappa shape index (κ1) is 24.6. The highest BCUT2D eigenvalue weighted by Crippen LogP contribution is 2.38. The summed E-state index contributed by atoms with van der Waals surface area (Å²) in [5, 5.41) is 0. The lowest BCUT2D eigenvalue weighted by Gasteiger charge is -2.19. The van der Waals surface area contributed by atoms with Gasteiger partial charge in [0.25, 0.3) is 0 Å². The number of aromatic nitrogens is 2. The van der Waals surface area contributed by atoms with E-state index in [2.05, 4.69) is 14.7 Å². The van der Waals surface area contributed by atoms with Crippen molar-refractivity contribution in [1.29, 1.82) is 0 Å². The molecule has 6 nitrogen and oxygen atoms in total. The van der Waals surface area contributed by atoms with E-state index in [0.29, 0.717) is 12.3 Å². The quantitative estimate of drug-likeness (QED) is 0.627. The van der Waals surface area contributed by atoms with Gasteiger partial charge in [0.05, 0.1) is 28.1 Å². The fraction of sp³-hybridized carbons (Fsp3) is 0.375. The van der Waals surface area contributed by atoms with Crippen LogP contribution in [0.15, 0.2) is 29.3 Å². The Morgan fingerprint density at radius 1 is 1.06 bits per heavy atom. The third-order valence-electron chi connectivity index (χ3n) is 3.85. The van der Waals surface area contributed by atoms with Crippen molar-refractivity contribution in [2.75, 3.05) is 18.1 Å². The van der Waals surface area contributed by atoms with Crippen LogP contribution in [0.1, 0.15) is 12.5 Å². The number of alkyl halides is 8. The molecule has 0 amide bonds. The molecule has 0 saturated heterocycles. The first-order chi connectivity index (χ1) is 14.0. The average Bonchev–Trinajstić information content (AvgIpc) is 2.64. The maximum absolute atomic E-state index is 13.1. The van der Waals surface area contributed by atoms with E-state index < -0.39 is 68.2 Å². The second-order valence-electron chi connectivity index (χ2n) is 6.04. The summed E-state index contributed by atoms with van der Waals surface area (Å²) in [6.07, 6.45) is -10.2. The van der Waals surface area contributed by atoms with Crippen molar-refractivity contribution in [3.63, 3.8) is 0 Å². The molecule has 0 saturated carbocycles. The lowest BCUT2D eigenvalue weighted by atomic mass is 10.2. The van der Waals surface area contributed by atoms with Gasteiger partial charge in [-0.2, -0.15) is 35.1 Å². The predicted octanol–water partition coefficient (Wildman–Crippen LogP) is 4.11. The molecule has 0 unspecified atom stereocenters. The molecule has 0 atom stereocenters. The number of hydrogen-bond donors (Lipinski definition) is 1. The van der Waals surface area contributed by atoms with E-state index in [4.69, 9.17) is 5.73 Å². The number of rotatable bonds is 6. The highest BCUT2D eigenvalue weighted by molar-refractivity contribution is 7.91. The SMILES string of the molecule is CCS(=O)(=O)c1cc(C(F)(F)F)c(N)nc1-c1ccc(OCC(F)(F)C(F)(F)F)cn1. The Morgan fingerprint density at radius 3 is 2.13 bits per heavy atom. The van der Waals surface area contributed by atoms with Gasteiger partial charge in [0.1, 0.15) is 17.3 Å². The first-order valence-electron chi connectivity index (χ1n) is 8.14. The van der Waals surface area contributed by atoms with Gasteiger partial charge in [-0.15, -0.1) is 0 Å². The molecule has 0 spiro atoms. The average molecular weight is 479 g/mol. The van der Waals surface area contributed by atoms with Crippen molar-refractivity contribution in [2.24, 2.45) is 0 Å². The molecule has 2 heterocycles. The van der Waals surface area contributed by atoms with Gasteiger partial charge in [0.15, 0.2) is 16.4 Å². The number of pyridine rings is 2. The summed E-state index contributed by atoms with van der Waals surface area (Å²) in [5.74, 6) is -7.30. The number of anilines is 1. The number of sulfone groups is 1. The smallest absolute Gasteiger partial charge is 0.456 e. The van der Waals surface area contributed by atoms with E-state index >= 15 is 0 Å². The number of hydrogen-bond acceptors (Lipinski definition) is 6. The van der Waals surface area contributed by atoms with Crippen LogP contribution in [0.5, 0.6) is 5.75 Å². The Bertz CT molecular complexity index is 1050. The monoisotopic (exact) mass is 479 g/mol. The van der Waals surface area contributed by atoms with E-state index in [1.54, 1.807) is 0 Å². The number of nitrogens with zero attached hydrogens (tertiary/aromatic N) is 2. The first-order valence-corrected chi connectivity index (χ1v) is 9.79. The molecule has 2 aromatic rings. The summed E-state index contributed by atoms with van der Waals surface area (Å²) in [6.45, 7) is -0.869. The molecule has 2 N–H and O–H groups in total. The van der Waals surface area contributed by atoms with Crippen LogP contribution in [-0.2, 0) is 16.0 Å². The Hall–Kier alpha value is -2.71. The van der Waals surface area contributed by atoms with Gasteiger partial charge in [-0.25, -0.2) is 13.4 Å². The molecule has 0 fully saturated rings. The van der Waals surface area contributed by atoms with Crippen molar-refractivity contribution < 1.29 is 48.3 Å². The van der Waals surface area contributed by atoms with E-state index in [-0.39, 0.29) is 5.69 Å². The van der Waals surface area contributed by atoms with E-state index in [9.17, 15) is 43.5 Å². The van der Waals surface area contributed by atoms with Gasteiger partial charge in [0.2, 0.25) is 0 Å². The summed E-state index contributed by atoms with van der Waals surface area (Å²) in [4.78, 5) is 6.28. The Morgan fingerprint density at radius 2 is 1.68 bits per heavy atom. The van der Waals surface area contributed by atoms with Crippen LogP contribution in [0.25, 0.3) is 11.4 Å². The maximum Gasteiger partial charge on any atom is 0.456 e. The molecule has 31 heavy (non-hydrogen) atoms. The van der Waals surface area contributed by atoms with Gasteiger partial charge >= 0.3 is 18.3 Å². The zero-order valence-electron chi connectivity index (χ0n) is 15.4. The fourth-order valence-electron chi connectivity index (χ4n) is 2.17. The Balaban J connectivity index is 2.46. The van der Waals surface area contributed by atoms with Crippen molar-refractivity contribution in [1.82, 2.24) is 9.97 Å². The summed E-state index contributed by atoms with van der Waals surface area (Å²) >= 11 is 0. The van der Waals surface area contributed by atoms with Crippen molar-refractivity contribution in [3.8, 4) is 17.1 Å². The van der Waals surface area contributed by atoms with Gasteiger partial charge in [-0.1, -0.05) is 6.92 Å². The highest BCUT2D eigenvalue weighted by Gasteiger charge is 2.58. The summed E-state index contributed by atoms with van der Waals surface area (Å²) in [6, 6.07) is 2.09. The number of halogens is 8. The predicted molar refractivity (Wildman–Crippen MR) is 91.1 cm³/mol. The molecular weight excluding hydrogens is 466 g/mol. The van der Waals surface area contributed by atoms with Gasteiger partial charge < -0.3 is 10.5 Å². The topological polar surface area (TPSA) is 95.2 Å². The molecule has 15 heteroatoms. The van der Waals surface area contributed by atoms with Crippen LogP contribution in [0, 0.1) is 0 Å². The number of ether oxygens (including phenoxy) is 1. The van der Waals surface area contributed by atoms with Crippen LogP contribution < -0.4 is 10.5 Å². The minimum absolute atomic E-state index is 0.298. The molecule has 0 aliphatic heterocycles. The largest absolute Gasteiger partial charge is 0.485 e. The van der Waals surface area contributed by atoms with Crippen LogP contribution in [0.3, 0.4) is 0 Å². The lowest BCUT2D eigenvalue weighted by molar-refractivity contribution is -0.290. The summed E-state index contributed by atoms with van der Waals surface area (Å²) in [5.41, 5.74) is 2.92. The Kier molecular flexibility index (Phi) is 6.41. The molecule has 0 aliphatic rings. The zero-order chi connectivity index (χ0) is 23.8. The molecule has 2 aromatic heterocycles. The van der Waals surface area contributed by atoms with Crippen molar-refractivity contribution >= 4 is 15.7 Å². The highest BCUT2D eigenvalue weighted by atomic mass is 32.2. The lowest BCUT2D eigenvalue weighted by Crippen LogP contribution is -2.41. The van der Waals surface area contributed by atoms with Crippen molar-refractivity contribution in [2.45, 2.75) is 30.1 Å². The molecule has 0 aromatic carbocycles. The summed E-state index contributed by atoms with van der Waals surface area (Å²) < 4.78 is 130. The van der Waals surface area contributed by atoms with Gasteiger partial charge in [-0.3, -0.25) is 4.98 Å². The van der Waals surface area contributed by atoms with E-state index in [0.717, 1.165) is 12.1 Å². The summed E-state index contributed by atoms with van der Waals surface area (Å²) in [7, 11) is -4.25. The minimum atomic E-state index is -5.84. The van der Waals surface area contributed by atoms with Crippen LogP contribution in [-0.4, -0.2) is 42.8 Å². The molecule has 0 bridgehead atoms. The van der Waals surface area contributed by atoms with E-state index in [1.165, 1.54) is 6.92 Å². The second kappa shape index (κ2) is 8.09. The molecule has 172 valence electrons. The third-order valence-corrected chi connectivity index (χ3v) is 5.59. The van der Waals surface area contributed by atoms with Crippen LogP contribution >= 0.6 is 0 Å². The fourth-order valence-corrected chi connectivity index (χ4v) is 3.23. The Labute approximate surface area is 170 Å². The molecular formula is C16H13F8N3O3S. The van der Waals surface area contributed by atoms with Crippen LogP contribution in [0.4, 0.5) is 40.9 Å². The second-order valence-corrected chi connectivity index (χ2v) is 8.29. The molecule has 0 radical (unpaired) electrons. The third kappa shape index (κ3) is 5.32. The maximum atomic E-state index is 13.1. The standard InChI is InChI=1S/C16H13F8N3O3S/c1-2-31(28,29)11-5-9(15(19,20)21)13(25)27-12(11)10-4-3-8(6-26-10)30-7-14(17,18)16(22,23)24/h3-6H,2,7H2,1H3,(H2,25,27). The zero-order valence-corrected chi connectivity index (χ0v) is 16.2. The molecule has 0 aliphatic carbocycles. The molecule has 2 rings (SSSR count). The van der Waals surface area contributed by atoms with Gasteiger partial charge in [-0.05, 0) is 18.2 Å². The van der Waals surface area contributed by atoms with E-state index in [1.807, 2.05) is 0 Å². The minimum Gasteiger partial charge on any atom is -0.485 e. The van der Waals surface area contributed by atoms with Crippen LogP contribution in [0.2, 0.25) is 0 Å². The van der Waals surface area contributed by atoms with Gasteiger partial charge in [0, 0.05) is 0 Å².